The van der Waals surface area contributed by atoms with Crippen molar-refractivity contribution in [2.24, 2.45) is 0 Å². The normalized spacial score (nSPS) is 11.5. The number of nitriles is 1. The first-order valence-electron chi connectivity index (χ1n) is 6.59. The second-order valence-corrected chi connectivity index (χ2v) is 6.06. The smallest absolute Gasteiger partial charge is 0.237 e. The molecule has 0 unspecified atom stereocenters. The van der Waals surface area contributed by atoms with Crippen LogP contribution in [0.5, 0.6) is 0 Å². The molecule has 0 fully saturated rings. The summed E-state index contributed by atoms with van der Waals surface area (Å²) in [5.74, 6) is -0.646. The van der Waals surface area contributed by atoms with Gasteiger partial charge in [-0.15, -0.1) is 0 Å². The molecule has 1 N–H and O–H groups in total. The van der Waals surface area contributed by atoms with Crippen LogP contribution < -0.4 is 5.32 Å². The zero-order valence-corrected chi connectivity index (χ0v) is 12.9. The molecule has 1 amide bonds. The Hall–Kier alpha value is -2.39. The van der Waals surface area contributed by atoms with Crippen LogP contribution in [0.1, 0.15) is 18.1 Å². The van der Waals surface area contributed by atoms with Gasteiger partial charge in [-0.05, 0) is 43.7 Å². The Balaban J connectivity index is 2.06. The highest BCUT2D eigenvalue weighted by atomic mass is 32.2. The molecule has 4 nitrogen and oxygen atoms in total. The van der Waals surface area contributed by atoms with E-state index in [1.165, 1.54) is 30.1 Å². The van der Waals surface area contributed by atoms with Crippen molar-refractivity contribution in [1.82, 2.24) is 4.98 Å². The Labute approximate surface area is 132 Å². The molecule has 0 radical (unpaired) electrons. The molecule has 2 rings (SSSR count). The summed E-state index contributed by atoms with van der Waals surface area (Å²) in [6, 6.07) is 9.51. The number of hydrogen-bond donors (Lipinski definition) is 1. The lowest BCUT2D eigenvalue weighted by atomic mass is 10.2. The van der Waals surface area contributed by atoms with Crippen LogP contribution in [-0.2, 0) is 4.79 Å². The van der Waals surface area contributed by atoms with E-state index in [0.29, 0.717) is 16.3 Å². The van der Waals surface area contributed by atoms with Gasteiger partial charge in [-0.3, -0.25) is 4.79 Å². The van der Waals surface area contributed by atoms with Crippen LogP contribution in [0, 0.1) is 24.1 Å². The van der Waals surface area contributed by atoms with Crippen molar-refractivity contribution in [3.63, 3.8) is 0 Å². The maximum Gasteiger partial charge on any atom is 0.237 e. The number of pyridine rings is 1. The van der Waals surface area contributed by atoms with E-state index in [-0.39, 0.29) is 5.91 Å². The number of rotatable bonds is 4. The van der Waals surface area contributed by atoms with Gasteiger partial charge in [-0.25, -0.2) is 9.37 Å². The zero-order valence-electron chi connectivity index (χ0n) is 12.1. The molecular formula is C16H14FN3OS. The second-order valence-electron chi connectivity index (χ2n) is 4.70. The maximum atomic E-state index is 13.2. The number of benzene rings is 1. The Morgan fingerprint density at radius 2 is 2.18 bits per heavy atom. The highest BCUT2D eigenvalue weighted by Gasteiger charge is 2.16. The Bertz CT molecular complexity index is 742. The van der Waals surface area contributed by atoms with E-state index in [1.807, 2.05) is 6.07 Å². The van der Waals surface area contributed by atoms with Crippen LogP contribution in [0.25, 0.3) is 0 Å². The minimum Gasteiger partial charge on any atom is -0.325 e. The fourth-order valence-electron chi connectivity index (χ4n) is 1.74. The molecule has 1 aromatic heterocycles. The largest absolute Gasteiger partial charge is 0.325 e. The molecule has 0 spiro atoms. The monoisotopic (exact) mass is 315 g/mol. The molecule has 2 aromatic rings. The summed E-state index contributed by atoms with van der Waals surface area (Å²) in [5, 5.41) is 11.7. The third kappa shape index (κ3) is 4.06. The van der Waals surface area contributed by atoms with E-state index < -0.39 is 11.1 Å². The van der Waals surface area contributed by atoms with Gasteiger partial charge in [0.1, 0.15) is 5.82 Å². The Morgan fingerprint density at radius 1 is 1.41 bits per heavy atom. The molecule has 0 bridgehead atoms. The van der Waals surface area contributed by atoms with Gasteiger partial charge in [-0.1, -0.05) is 17.8 Å². The van der Waals surface area contributed by atoms with Crippen LogP contribution in [0.4, 0.5) is 10.1 Å². The molecule has 22 heavy (non-hydrogen) atoms. The topological polar surface area (TPSA) is 65.8 Å². The highest BCUT2D eigenvalue weighted by Crippen LogP contribution is 2.24. The maximum absolute atomic E-state index is 13.2. The SMILES string of the molecule is Cc1ccc(F)cc1NC(=O)[C@H](C)Sc1cc(C#N)ccn1. The highest BCUT2D eigenvalue weighted by molar-refractivity contribution is 8.00. The fourth-order valence-corrected chi connectivity index (χ4v) is 2.59. The van der Waals surface area contributed by atoms with Crippen molar-refractivity contribution in [1.29, 1.82) is 5.26 Å². The lowest BCUT2D eigenvalue weighted by Crippen LogP contribution is -2.23. The number of nitrogens with one attached hydrogen (secondary N) is 1. The van der Waals surface area contributed by atoms with Crippen LogP contribution in [-0.4, -0.2) is 16.1 Å². The molecule has 6 heteroatoms. The summed E-state index contributed by atoms with van der Waals surface area (Å²) in [6.45, 7) is 3.53. The van der Waals surface area contributed by atoms with Crippen molar-refractivity contribution < 1.29 is 9.18 Å². The van der Waals surface area contributed by atoms with E-state index in [1.54, 1.807) is 32.0 Å². The Morgan fingerprint density at radius 3 is 2.91 bits per heavy atom. The van der Waals surface area contributed by atoms with Gasteiger partial charge in [0, 0.05) is 11.9 Å². The van der Waals surface area contributed by atoms with Crippen molar-refractivity contribution in [3.05, 3.63) is 53.5 Å². The number of carbonyl (C=O) groups excluding carboxylic acids is 1. The first-order valence-corrected chi connectivity index (χ1v) is 7.47. The number of hydrogen-bond acceptors (Lipinski definition) is 4. The summed E-state index contributed by atoms with van der Waals surface area (Å²) in [7, 11) is 0. The minimum absolute atomic E-state index is 0.247. The molecule has 112 valence electrons. The first-order chi connectivity index (χ1) is 10.5. The number of aromatic nitrogens is 1. The molecule has 0 saturated heterocycles. The van der Waals surface area contributed by atoms with Crippen LogP contribution >= 0.6 is 11.8 Å². The van der Waals surface area contributed by atoms with Crippen molar-refractivity contribution >= 4 is 23.4 Å². The van der Waals surface area contributed by atoms with Gasteiger partial charge >= 0.3 is 0 Å². The van der Waals surface area contributed by atoms with E-state index >= 15 is 0 Å². The van der Waals surface area contributed by atoms with E-state index in [9.17, 15) is 9.18 Å². The number of nitrogens with zero attached hydrogens (tertiary/aromatic N) is 2. The molecule has 0 aliphatic heterocycles. The third-order valence-corrected chi connectivity index (χ3v) is 4.02. The predicted octanol–water partition coefficient (Wildman–Crippen LogP) is 3.52. The van der Waals surface area contributed by atoms with Gasteiger partial charge in [0.05, 0.1) is 21.9 Å². The molecule has 1 heterocycles. The van der Waals surface area contributed by atoms with E-state index in [0.717, 1.165) is 5.56 Å². The predicted molar refractivity (Wildman–Crippen MR) is 84.0 cm³/mol. The van der Waals surface area contributed by atoms with Gasteiger partial charge in [0.2, 0.25) is 5.91 Å². The summed E-state index contributed by atoms with van der Waals surface area (Å²) in [4.78, 5) is 16.3. The van der Waals surface area contributed by atoms with Crippen molar-refractivity contribution in [3.8, 4) is 6.07 Å². The van der Waals surface area contributed by atoms with E-state index in [4.69, 9.17) is 5.26 Å². The van der Waals surface area contributed by atoms with Gasteiger partial charge in [0.25, 0.3) is 0 Å². The summed E-state index contributed by atoms with van der Waals surface area (Å²) in [6.07, 6.45) is 1.53. The van der Waals surface area contributed by atoms with Crippen LogP contribution in [0.3, 0.4) is 0 Å². The van der Waals surface area contributed by atoms with Gasteiger partial charge in [-0.2, -0.15) is 5.26 Å². The minimum atomic E-state index is -0.427. The zero-order chi connectivity index (χ0) is 16.1. The lowest BCUT2D eigenvalue weighted by Gasteiger charge is -2.13. The summed E-state index contributed by atoms with van der Waals surface area (Å²) in [5.41, 5.74) is 1.74. The third-order valence-electron chi connectivity index (χ3n) is 2.99. The van der Waals surface area contributed by atoms with Gasteiger partial charge in [0.15, 0.2) is 0 Å². The van der Waals surface area contributed by atoms with Crippen LogP contribution in [0.15, 0.2) is 41.6 Å². The number of anilines is 1. The number of carbonyl (C=O) groups is 1. The van der Waals surface area contributed by atoms with Crippen molar-refractivity contribution in [2.75, 3.05) is 5.32 Å². The number of thioether (sulfide) groups is 1. The van der Waals surface area contributed by atoms with Crippen LogP contribution in [0.2, 0.25) is 0 Å². The Kier molecular flexibility index (Phi) is 5.12. The molecule has 0 saturated carbocycles. The quantitative estimate of drug-likeness (QED) is 0.877. The lowest BCUT2D eigenvalue weighted by molar-refractivity contribution is -0.115. The molecule has 0 aliphatic carbocycles. The second kappa shape index (κ2) is 7.05. The first kappa shape index (κ1) is 16.0. The standard InChI is InChI=1S/C16H14FN3OS/c1-10-3-4-13(17)8-14(10)20-16(21)11(2)22-15-7-12(9-18)5-6-19-15/h3-8,11H,1-2H3,(H,20,21)/t11-/m0/s1. The van der Waals surface area contributed by atoms with Crippen molar-refractivity contribution in [2.45, 2.75) is 24.1 Å². The molecule has 1 atom stereocenters. The molecule has 1 aromatic carbocycles. The summed E-state index contributed by atoms with van der Waals surface area (Å²) >= 11 is 1.24. The van der Waals surface area contributed by atoms with E-state index in [2.05, 4.69) is 10.3 Å². The molecular weight excluding hydrogens is 301 g/mol. The average molecular weight is 315 g/mol. The number of halogens is 1. The molecule has 0 aliphatic rings. The van der Waals surface area contributed by atoms with Gasteiger partial charge < -0.3 is 5.32 Å². The number of aryl methyl sites for hydroxylation is 1. The average Bonchev–Trinajstić information content (AvgIpc) is 2.51. The summed E-state index contributed by atoms with van der Waals surface area (Å²) < 4.78 is 13.2. The fraction of sp³-hybridized carbons (Fsp3) is 0.188. The number of amides is 1.